The van der Waals surface area contributed by atoms with Crippen molar-refractivity contribution in [2.75, 3.05) is 31.8 Å². The lowest BCUT2D eigenvalue weighted by Crippen LogP contribution is -2.27. The average Bonchev–Trinajstić information content (AvgIpc) is 3.11. The zero-order valence-electron chi connectivity index (χ0n) is 10.7. The summed E-state index contributed by atoms with van der Waals surface area (Å²) in [5, 5.41) is 12.5. The van der Waals surface area contributed by atoms with E-state index in [0.29, 0.717) is 16.9 Å². The molecular weight excluding hydrogens is 230 g/mol. The molecule has 98 valence electrons. The van der Waals surface area contributed by atoms with Gasteiger partial charge in [0.15, 0.2) is 0 Å². The van der Waals surface area contributed by atoms with E-state index in [0.717, 1.165) is 12.8 Å². The Morgan fingerprint density at radius 1 is 1.50 bits per heavy atom. The molecule has 0 spiro atoms. The number of hydrogen-bond acceptors (Lipinski definition) is 4. The lowest BCUT2D eigenvalue weighted by atomic mass is 10.1. The number of aliphatic hydroxyl groups excluding tert-OH is 1. The van der Waals surface area contributed by atoms with Crippen LogP contribution in [0.4, 0.5) is 11.4 Å². The lowest BCUT2D eigenvalue weighted by Gasteiger charge is -2.19. The highest BCUT2D eigenvalue weighted by Gasteiger charge is 2.42. The monoisotopic (exact) mass is 249 g/mol. The van der Waals surface area contributed by atoms with Crippen molar-refractivity contribution < 1.29 is 9.90 Å². The quantitative estimate of drug-likeness (QED) is 0.693. The van der Waals surface area contributed by atoms with Crippen LogP contribution in [0, 0.1) is 0 Å². The maximum atomic E-state index is 11.9. The first-order valence-corrected chi connectivity index (χ1v) is 5.98. The van der Waals surface area contributed by atoms with E-state index in [-0.39, 0.29) is 18.1 Å². The first-order valence-electron chi connectivity index (χ1n) is 5.98. The molecule has 2 rings (SSSR count). The average molecular weight is 249 g/mol. The Balaban J connectivity index is 2.24. The van der Waals surface area contributed by atoms with Crippen molar-refractivity contribution in [1.29, 1.82) is 0 Å². The third-order valence-corrected chi connectivity index (χ3v) is 3.26. The van der Waals surface area contributed by atoms with Gasteiger partial charge in [0, 0.05) is 19.7 Å². The molecule has 0 heterocycles. The lowest BCUT2D eigenvalue weighted by molar-refractivity contribution is 0.0827. The number of nitrogens with zero attached hydrogens (tertiary/aromatic N) is 1. The Labute approximate surface area is 107 Å². The van der Waals surface area contributed by atoms with E-state index in [4.69, 9.17) is 5.73 Å². The molecular formula is C13H19N3O2. The fourth-order valence-corrected chi connectivity index (χ4v) is 1.81. The second kappa shape index (κ2) is 4.49. The highest BCUT2D eigenvalue weighted by atomic mass is 16.3. The topological polar surface area (TPSA) is 78.6 Å². The molecule has 1 aromatic carbocycles. The molecule has 5 nitrogen and oxygen atoms in total. The van der Waals surface area contributed by atoms with Gasteiger partial charge in [0.2, 0.25) is 0 Å². The maximum Gasteiger partial charge on any atom is 0.253 e. The molecule has 0 bridgehead atoms. The van der Waals surface area contributed by atoms with Gasteiger partial charge in [-0.1, -0.05) is 0 Å². The number of nitrogens with two attached hydrogens (primary N) is 1. The van der Waals surface area contributed by atoms with E-state index in [1.54, 1.807) is 32.3 Å². The van der Waals surface area contributed by atoms with E-state index in [1.165, 1.54) is 4.90 Å². The minimum atomic E-state index is -0.242. The van der Waals surface area contributed by atoms with Crippen LogP contribution in [0.1, 0.15) is 23.2 Å². The molecule has 0 unspecified atom stereocenters. The number of carbonyl (C=O) groups is 1. The molecule has 1 aliphatic carbocycles. The van der Waals surface area contributed by atoms with E-state index in [9.17, 15) is 9.90 Å². The molecule has 0 atom stereocenters. The Hall–Kier alpha value is -1.75. The number of benzene rings is 1. The van der Waals surface area contributed by atoms with Crippen LogP contribution in [-0.4, -0.2) is 42.2 Å². The van der Waals surface area contributed by atoms with E-state index in [1.807, 2.05) is 0 Å². The summed E-state index contributed by atoms with van der Waals surface area (Å²) < 4.78 is 0. The number of amides is 1. The highest BCUT2D eigenvalue weighted by Crippen LogP contribution is 2.39. The summed E-state index contributed by atoms with van der Waals surface area (Å²) in [5.74, 6) is -0.0631. The number of nitrogen functional groups attached to an aromatic ring is 1. The van der Waals surface area contributed by atoms with Gasteiger partial charge in [-0.05, 0) is 31.0 Å². The summed E-state index contributed by atoms with van der Waals surface area (Å²) in [6.45, 7) is 0.0816. The normalized spacial score (nSPS) is 16.2. The van der Waals surface area contributed by atoms with Gasteiger partial charge in [0.1, 0.15) is 0 Å². The predicted molar refractivity (Wildman–Crippen MR) is 71.5 cm³/mol. The fourth-order valence-electron chi connectivity index (χ4n) is 1.81. The van der Waals surface area contributed by atoms with Gasteiger partial charge in [0.05, 0.1) is 23.5 Å². The van der Waals surface area contributed by atoms with Crippen LogP contribution in [-0.2, 0) is 0 Å². The number of rotatable bonds is 4. The Morgan fingerprint density at radius 2 is 2.17 bits per heavy atom. The summed E-state index contributed by atoms with van der Waals surface area (Å²) in [6.07, 6.45) is 1.85. The smallest absolute Gasteiger partial charge is 0.253 e. The molecule has 1 fully saturated rings. The predicted octanol–water partition coefficient (Wildman–Crippen LogP) is 0.907. The molecule has 1 saturated carbocycles. The summed E-state index contributed by atoms with van der Waals surface area (Å²) in [5.41, 5.74) is 7.54. The second-order valence-electron chi connectivity index (χ2n) is 5.07. The molecule has 18 heavy (non-hydrogen) atoms. The van der Waals surface area contributed by atoms with Crippen molar-refractivity contribution in [1.82, 2.24) is 4.90 Å². The van der Waals surface area contributed by atoms with Crippen LogP contribution in [0.5, 0.6) is 0 Å². The van der Waals surface area contributed by atoms with Crippen LogP contribution in [0.15, 0.2) is 18.2 Å². The third kappa shape index (κ3) is 2.41. The summed E-state index contributed by atoms with van der Waals surface area (Å²) in [6, 6.07) is 5.17. The van der Waals surface area contributed by atoms with Crippen LogP contribution in [0.25, 0.3) is 0 Å². The third-order valence-electron chi connectivity index (χ3n) is 3.26. The SMILES string of the molecule is CN(C)C(=O)c1ccc(N)c(NC2(CO)CC2)c1. The van der Waals surface area contributed by atoms with Crippen LogP contribution >= 0.6 is 0 Å². The first kappa shape index (κ1) is 12.7. The Bertz CT molecular complexity index is 467. The van der Waals surface area contributed by atoms with E-state index >= 15 is 0 Å². The fraction of sp³-hybridized carbons (Fsp3) is 0.462. The summed E-state index contributed by atoms with van der Waals surface area (Å²) in [4.78, 5) is 13.4. The summed E-state index contributed by atoms with van der Waals surface area (Å²) >= 11 is 0. The van der Waals surface area contributed by atoms with Crippen molar-refractivity contribution in [3.63, 3.8) is 0 Å². The van der Waals surface area contributed by atoms with Crippen molar-refractivity contribution in [2.45, 2.75) is 18.4 Å². The van der Waals surface area contributed by atoms with Crippen molar-refractivity contribution in [2.24, 2.45) is 0 Å². The van der Waals surface area contributed by atoms with Crippen molar-refractivity contribution in [3.05, 3.63) is 23.8 Å². The van der Waals surface area contributed by atoms with Gasteiger partial charge in [-0.2, -0.15) is 0 Å². The highest BCUT2D eigenvalue weighted by molar-refractivity contribution is 5.96. The Kier molecular flexibility index (Phi) is 3.17. The second-order valence-corrected chi connectivity index (χ2v) is 5.07. The minimum absolute atomic E-state index is 0.0631. The number of carbonyl (C=O) groups excluding carboxylic acids is 1. The van der Waals surface area contributed by atoms with Gasteiger partial charge >= 0.3 is 0 Å². The zero-order chi connectivity index (χ0) is 13.3. The maximum absolute atomic E-state index is 11.9. The number of anilines is 2. The Morgan fingerprint density at radius 3 is 2.67 bits per heavy atom. The standard InChI is InChI=1S/C13H19N3O2/c1-16(2)12(18)9-3-4-10(14)11(7-9)15-13(8-17)5-6-13/h3-4,7,15,17H,5-6,8,14H2,1-2H3. The number of hydrogen-bond donors (Lipinski definition) is 3. The molecule has 4 N–H and O–H groups in total. The number of nitrogens with one attached hydrogen (secondary N) is 1. The summed E-state index contributed by atoms with van der Waals surface area (Å²) in [7, 11) is 3.42. The van der Waals surface area contributed by atoms with Gasteiger partial charge in [0.25, 0.3) is 5.91 Å². The zero-order valence-corrected chi connectivity index (χ0v) is 10.7. The minimum Gasteiger partial charge on any atom is -0.397 e. The van der Waals surface area contributed by atoms with Gasteiger partial charge in [-0.15, -0.1) is 0 Å². The molecule has 0 saturated heterocycles. The number of aliphatic hydroxyl groups is 1. The van der Waals surface area contributed by atoms with Gasteiger partial charge < -0.3 is 21.1 Å². The van der Waals surface area contributed by atoms with Crippen LogP contribution < -0.4 is 11.1 Å². The first-order chi connectivity index (χ1) is 8.47. The van der Waals surface area contributed by atoms with Gasteiger partial charge in [-0.3, -0.25) is 4.79 Å². The molecule has 1 aliphatic rings. The van der Waals surface area contributed by atoms with Crippen molar-refractivity contribution in [3.8, 4) is 0 Å². The molecule has 5 heteroatoms. The van der Waals surface area contributed by atoms with Crippen LogP contribution in [0.2, 0.25) is 0 Å². The van der Waals surface area contributed by atoms with E-state index < -0.39 is 0 Å². The van der Waals surface area contributed by atoms with E-state index in [2.05, 4.69) is 5.32 Å². The largest absolute Gasteiger partial charge is 0.397 e. The molecule has 0 aromatic heterocycles. The molecule has 1 amide bonds. The van der Waals surface area contributed by atoms with Crippen LogP contribution in [0.3, 0.4) is 0 Å². The molecule has 0 aliphatic heterocycles. The van der Waals surface area contributed by atoms with Crippen molar-refractivity contribution >= 4 is 17.3 Å². The van der Waals surface area contributed by atoms with Gasteiger partial charge in [-0.25, -0.2) is 0 Å². The molecule has 1 aromatic rings. The molecule has 0 radical (unpaired) electrons.